The van der Waals surface area contributed by atoms with Crippen molar-refractivity contribution >= 4 is 16.7 Å². The highest BCUT2D eigenvalue weighted by molar-refractivity contribution is 5.85. The maximum atomic E-state index is 6.14. The Balaban J connectivity index is 1.14. The molecule has 6 nitrogen and oxygen atoms in total. The van der Waals surface area contributed by atoms with Gasteiger partial charge in [-0.15, -0.1) is 0 Å². The van der Waals surface area contributed by atoms with Crippen LogP contribution in [0.2, 0.25) is 0 Å². The highest BCUT2D eigenvalue weighted by Gasteiger charge is 2.17. The molecule has 2 aromatic heterocycles. The van der Waals surface area contributed by atoms with Crippen molar-refractivity contribution in [1.29, 1.82) is 0 Å². The number of aromatic nitrogens is 5. The van der Waals surface area contributed by atoms with Gasteiger partial charge in [0.05, 0.1) is 11.0 Å². The lowest BCUT2D eigenvalue weighted by atomic mass is 9.95. The summed E-state index contributed by atoms with van der Waals surface area (Å²) in [5, 5.41) is 0. The van der Waals surface area contributed by atoms with Crippen LogP contribution in [0.5, 0.6) is 0 Å². The van der Waals surface area contributed by atoms with Crippen molar-refractivity contribution in [3.63, 3.8) is 0 Å². The van der Waals surface area contributed by atoms with Crippen LogP contribution in [0.15, 0.2) is 176 Å². The Morgan fingerprint density at radius 1 is 0.426 bits per heavy atom. The minimum absolute atomic E-state index is 0.600. The molecule has 0 fully saturated rings. The van der Waals surface area contributed by atoms with E-state index in [1.165, 1.54) is 0 Å². The summed E-state index contributed by atoms with van der Waals surface area (Å²) in [7, 11) is 0. The molecule has 0 unspecified atom stereocenters. The molecule has 7 aromatic carbocycles. The number of anilines is 1. The third kappa shape index (κ3) is 6.31. The molecule has 54 heavy (non-hydrogen) atoms. The van der Waals surface area contributed by atoms with Gasteiger partial charge in [0.1, 0.15) is 5.82 Å². The number of nitrogens with two attached hydrogens (primary N) is 1. The number of aryl methyl sites for hydroxylation is 1. The molecule has 0 saturated heterocycles. The SMILES string of the molecule is CCc1nc2ccccc2n1-c1cccc(-c2cccc(-c3ccccc3-c3nc(-c4ccccc4)nc(-c4cccc(-c5cccc(N)c5)c4)n3)c2)c1. The summed E-state index contributed by atoms with van der Waals surface area (Å²) < 4.78 is 2.27. The van der Waals surface area contributed by atoms with E-state index in [9.17, 15) is 0 Å². The van der Waals surface area contributed by atoms with E-state index in [2.05, 4.69) is 115 Å². The maximum Gasteiger partial charge on any atom is 0.164 e. The molecule has 0 radical (unpaired) electrons. The lowest BCUT2D eigenvalue weighted by molar-refractivity contribution is 0.908. The molecule has 0 aliphatic heterocycles. The van der Waals surface area contributed by atoms with E-state index in [1.54, 1.807) is 0 Å². The fraction of sp³-hybridized carbons (Fsp3) is 0.0417. The molecule has 0 spiro atoms. The van der Waals surface area contributed by atoms with Gasteiger partial charge in [-0.3, -0.25) is 4.57 Å². The second-order valence-electron chi connectivity index (χ2n) is 13.3. The van der Waals surface area contributed by atoms with Crippen molar-refractivity contribution in [1.82, 2.24) is 24.5 Å². The van der Waals surface area contributed by atoms with Crippen molar-refractivity contribution in [3.05, 3.63) is 182 Å². The highest BCUT2D eigenvalue weighted by atomic mass is 15.1. The summed E-state index contributed by atoms with van der Waals surface area (Å²) in [6.07, 6.45) is 0.837. The smallest absolute Gasteiger partial charge is 0.164 e. The first-order chi connectivity index (χ1) is 26.6. The molecule has 6 heteroatoms. The first-order valence-corrected chi connectivity index (χ1v) is 18.2. The summed E-state index contributed by atoms with van der Waals surface area (Å²) in [5.41, 5.74) is 19.2. The van der Waals surface area contributed by atoms with Crippen LogP contribution in [0.1, 0.15) is 12.7 Å². The van der Waals surface area contributed by atoms with Crippen LogP contribution >= 0.6 is 0 Å². The first kappa shape index (κ1) is 32.7. The van der Waals surface area contributed by atoms with Crippen LogP contribution in [-0.4, -0.2) is 24.5 Å². The number of nitrogens with zero attached hydrogens (tertiary/aromatic N) is 5. The molecule has 0 saturated carbocycles. The second kappa shape index (κ2) is 14.1. The average molecular weight is 697 g/mol. The molecule has 0 aliphatic carbocycles. The van der Waals surface area contributed by atoms with Crippen molar-refractivity contribution in [2.45, 2.75) is 13.3 Å². The van der Waals surface area contributed by atoms with Crippen LogP contribution < -0.4 is 5.73 Å². The van der Waals surface area contributed by atoms with Gasteiger partial charge in [-0.05, 0) is 81.9 Å². The third-order valence-electron chi connectivity index (χ3n) is 9.73. The zero-order valence-electron chi connectivity index (χ0n) is 29.8. The Morgan fingerprint density at radius 3 is 1.72 bits per heavy atom. The Hall–Kier alpha value is -7.18. The Bertz CT molecular complexity index is 2780. The van der Waals surface area contributed by atoms with E-state index in [1.807, 2.05) is 72.8 Å². The standard InChI is InChI=1S/C48H36N6/c1-2-45-50-43-26-8-9-27-44(43)54(45)40-23-13-19-36(31-40)33-16-10-20-37(28-33)41-24-6-7-25-42(41)48-52-46(32-14-4-3-5-15-32)51-47(53-48)38-21-11-17-34(29-38)35-18-12-22-39(49)30-35/h3-31H,2,49H2,1H3. The zero-order valence-corrected chi connectivity index (χ0v) is 29.8. The predicted octanol–water partition coefficient (Wildman–Crippen LogP) is 11.4. The third-order valence-corrected chi connectivity index (χ3v) is 9.73. The number of para-hydroxylation sites is 2. The van der Waals surface area contributed by atoms with Crippen molar-refractivity contribution in [3.8, 4) is 73.2 Å². The molecule has 9 rings (SSSR count). The van der Waals surface area contributed by atoms with E-state index >= 15 is 0 Å². The van der Waals surface area contributed by atoms with Gasteiger partial charge in [0.25, 0.3) is 0 Å². The molecule has 0 amide bonds. The molecule has 0 aliphatic rings. The monoisotopic (exact) mass is 696 g/mol. The number of rotatable bonds is 8. The normalized spacial score (nSPS) is 11.2. The summed E-state index contributed by atoms with van der Waals surface area (Å²) in [6.45, 7) is 2.15. The van der Waals surface area contributed by atoms with E-state index in [4.69, 9.17) is 25.7 Å². The molecule has 2 N–H and O–H groups in total. The highest BCUT2D eigenvalue weighted by Crippen LogP contribution is 2.36. The van der Waals surface area contributed by atoms with Crippen molar-refractivity contribution in [2.24, 2.45) is 0 Å². The molecule has 2 heterocycles. The van der Waals surface area contributed by atoms with Crippen LogP contribution in [-0.2, 0) is 6.42 Å². The number of hydrogen-bond donors (Lipinski definition) is 1. The van der Waals surface area contributed by atoms with Crippen LogP contribution in [0.25, 0.3) is 84.3 Å². The van der Waals surface area contributed by atoms with Gasteiger partial charge in [0, 0.05) is 34.5 Å². The molecule has 9 aromatic rings. The molecule has 0 atom stereocenters. The molecular weight excluding hydrogens is 661 g/mol. The fourth-order valence-electron chi connectivity index (χ4n) is 7.12. The lowest BCUT2D eigenvalue weighted by Crippen LogP contribution is -2.01. The number of fused-ring (bicyclic) bond motifs is 1. The Morgan fingerprint density at radius 2 is 0.963 bits per heavy atom. The summed E-state index contributed by atoms with van der Waals surface area (Å²) in [5.74, 6) is 2.86. The summed E-state index contributed by atoms with van der Waals surface area (Å²) in [4.78, 5) is 20.2. The second-order valence-corrected chi connectivity index (χ2v) is 13.3. The number of nitrogen functional groups attached to an aromatic ring is 1. The number of imidazole rings is 1. The van der Waals surface area contributed by atoms with Gasteiger partial charge in [0.15, 0.2) is 17.5 Å². The van der Waals surface area contributed by atoms with Crippen LogP contribution in [0.4, 0.5) is 5.69 Å². The summed E-state index contributed by atoms with van der Waals surface area (Å²) in [6, 6.07) is 60.3. The average Bonchev–Trinajstić information content (AvgIpc) is 3.63. The Kier molecular flexibility index (Phi) is 8.54. The first-order valence-electron chi connectivity index (χ1n) is 18.2. The minimum atomic E-state index is 0.600. The number of benzene rings is 7. The van der Waals surface area contributed by atoms with Gasteiger partial charge in [0.2, 0.25) is 0 Å². The molecular formula is C48H36N6. The lowest BCUT2D eigenvalue weighted by Gasteiger charge is -2.14. The largest absolute Gasteiger partial charge is 0.399 e. The maximum absolute atomic E-state index is 6.14. The fourth-order valence-corrected chi connectivity index (χ4v) is 7.12. The predicted molar refractivity (Wildman–Crippen MR) is 221 cm³/mol. The Labute approximate surface area is 314 Å². The van der Waals surface area contributed by atoms with Crippen LogP contribution in [0.3, 0.4) is 0 Å². The zero-order chi connectivity index (χ0) is 36.4. The van der Waals surface area contributed by atoms with E-state index < -0.39 is 0 Å². The molecule has 0 bridgehead atoms. The quantitative estimate of drug-likeness (QED) is 0.160. The van der Waals surface area contributed by atoms with E-state index in [-0.39, 0.29) is 0 Å². The number of hydrogen-bond acceptors (Lipinski definition) is 5. The van der Waals surface area contributed by atoms with Gasteiger partial charge in [-0.1, -0.05) is 134 Å². The van der Waals surface area contributed by atoms with Gasteiger partial charge in [-0.2, -0.15) is 0 Å². The van der Waals surface area contributed by atoms with E-state index in [0.29, 0.717) is 17.5 Å². The van der Waals surface area contributed by atoms with Crippen LogP contribution in [0, 0.1) is 0 Å². The molecule has 258 valence electrons. The topological polar surface area (TPSA) is 82.5 Å². The van der Waals surface area contributed by atoms with E-state index in [0.717, 1.165) is 84.7 Å². The summed E-state index contributed by atoms with van der Waals surface area (Å²) >= 11 is 0. The van der Waals surface area contributed by atoms with Crippen molar-refractivity contribution in [2.75, 3.05) is 5.73 Å². The van der Waals surface area contributed by atoms with Gasteiger partial charge >= 0.3 is 0 Å². The van der Waals surface area contributed by atoms with Gasteiger partial charge < -0.3 is 5.73 Å². The minimum Gasteiger partial charge on any atom is -0.399 e. The van der Waals surface area contributed by atoms with Crippen molar-refractivity contribution < 1.29 is 0 Å². The van der Waals surface area contributed by atoms with Gasteiger partial charge in [-0.25, -0.2) is 19.9 Å².